The lowest BCUT2D eigenvalue weighted by atomic mass is 9.98. The van der Waals surface area contributed by atoms with Gasteiger partial charge in [0, 0.05) is 12.0 Å². The summed E-state index contributed by atoms with van der Waals surface area (Å²) in [4.78, 5) is 11.5. The van der Waals surface area contributed by atoms with Crippen molar-refractivity contribution in [2.24, 2.45) is 0 Å². The summed E-state index contributed by atoms with van der Waals surface area (Å²) in [6.45, 7) is 0. The van der Waals surface area contributed by atoms with E-state index in [1.165, 1.54) is 0 Å². The Morgan fingerprint density at radius 1 is 1.25 bits per heavy atom. The Labute approximate surface area is 94.5 Å². The number of ketones is 1. The van der Waals surface area contributed by atoms with E-state index in [4.69, 9.17) is 5.26 Å². The van der Waals surface area contributed by atoms with E-state index in [2.05, 4.69) is 6.07 Å². The Morgan fingerprint density at radius 2 is 2.00 bits per heavy atom. The van der Waals surface area contributed by atoms with Gasteiger partial charge in [0.2, 0.25) is 0 Å². The molecule has 78 valence electrons. The van der Waals surface area contributed by atoms with Crippen molar-refractivity contribution in [2.45, 2.75) is 12.8 Å². The van der Waals surface area contributed by atoms with Crippen LogP contribution in [0, 0.1) is 11.3 Å². The Hall–Kier alpha value is -2.14. The quantitative estimate of drug-likeness (QED) is 0.667. The molecule has 16 heavy (non-hydrogen) atoms. The monoisotopic (exact) mass is 209 g/mol. The standard InChI is InChI=1S/C14H11NO/c15-10-12-7-5-11(6-8-12)9-13-3-1-2-4-14(13)16/h1,3,5-9H,2,4H2. The number of rotatable bonds is 1. The molecule has 0 spiro atoms. The zero-order valence-corrected chi connectivity index (χ0v) is 8.81. The third-order valence-electron chi connectivity index (χ3n) is 2.52. The maximum absolute atomic E-state index is 11.5. The Kier molecular flexibility index (Phi) is 2.98. The molecule has 0 radical (unpaired) electrons. The first-order valence-corrected chi connectivity index (χ1v) is 5.21. The lowest BCUT2D eigenvalue weighted by Gasteiger charge is -2.05. The largest absolute Gasteiger partial charge is 0.294 e. The molecule has 1 aromatic carbocycles. The second-order valence-corrected chi connectivity index (χ2v) is 3.70. The van der Waals surface area contributed by atoms with Gasteiger partial charge in [0.1, 0.15) is 0 Å². The minimum atomic E-state index is 0.187. The van der Waals surface area contributed by atoms with Crippen molar-refractivity contribution in [3.8, 4) is 6.07 Å². The normalized spacial score (nSPS) is 17.4. The van der Waals surface area contributed by atoms with E-state index in [0.717, 1.165) is 17.6 Å². The first-order valence-electron chi connectivity index (χ1n) is 5.21. The van der Waals surface area contributed by atoms with E-state index in [1.807, 2.05) is 30.4 Å². The van der Waals surface area contributed by atoms with Crippen molar-refractivity contribution in [3.05, 3.63) is 53.1 Å². The van der Waals surface area contributed by atoms with Crippen molar-refractivity contribution < 1.29 is 4.79 Å². The number of hydrogen-bond donors (Lipinski definition) is 0. The fourth-order valence-corrected chi connectivity index (χ4v) is 1.62. The maximum Gasteiger partial charge on any atom is 0.163 e. The topological polar surface area (TPSA) is 40.9 Å². The summed E-state index contributed by atoms with van der Waals surface area (Å²) in [5.74, 6) is 0.187. The highest BCUT2D eigenvalue weighted by molar-refractivity contribution is 6.03. The summed E-state index contributed by atoms with van der Waals surface area (Å²) in [7, 11) is 0. The van der Waals surface area contributed by atoms with Gasteiger partial charge in [-0.15, -0.1) is 0 Å². The van der Waals surface area contributed by atoms with E-state index in [-0.39, 0.29) is 5.78 Å². The van der Waals surface area contributed by atoms with Crippen LogP contribution in [0.25, 0.3) is 6.08 Å². The molecule has 0 aromatic heterocycles. The molecular weight excluding hydrogens is 198 g/mol. The Balaban J connectivity index is 2.28. The van der Waals surface area contributed by atoms with E-state index in [9.17, 15) is 4.79 Å². The molecule has 0 fully saturated rings. The number of allylic oxidation sites excluding steroid dienone is 3. The van der Waals surface area contributed by atoms with Crippen LogP contribution in [0.1, 0.15) is 24.0 Å². The molecule has 1 aliphatic rings. The van der Waals surface area contributed by atoms with Crippen LogP contribution in [-0.4, -0.2) is 5.78 Å². The molecule has 2 nitrogen and oxygen atoms in total. The highest BCUT2D eigenvalue weighted by Gasteiger charge is 2.09. The first-order chi connectivity index (χ1) is 7.79. The number of benzene rings is 1. The van der Waals surface area contributed by atoms with Crippen LogP contribution in [0.3, 0.4) is 0 Å². The smallest absolute Gasteiger partial charge is 0.163 e. The van der Waals surface area contributed by atoms with Crippen LogP contribution in [-0.2, 0) is 4.79 Å². The van der Waals surface area contributed by atoms with E-state index < -0.39 is 0 Å². The van der Waals surface area contributed by atoms with Crippen LogP contribution in [0.4, 0.5) is 0 Å². The summed E-state index contributed by atoms with van der Waals surface area (Å²) in [6.07, 6.45) is 7.17. The highest BCUT2D eigenvalue weighted by Crippen LogP contribution is 2.16. The summed E-state index contributed by atoms with van der Waals surface area (Å²) >= 11 is 0. The van der Waals surface area contributed by atoms with Gasteiger partial charge in [-0.2, -0.15) is 5.26 Å². The molecule has 0 heterocycles. The van der Waals surface area contributed by atoms with Crippen molar-refractivity contribution >= 4 is 11.9 Å². The number of Topliss-reactive ketones (excluding diaryl/α,β-unsaturated/α-hetero) is 1. The zero-order chi connectivity index (χ0) is 11.4. The second kappa shape index (κ2) is 4.59. The molecule has 0 saturated heterocycles. The molecule has 0 bridgehead atoms. The van der Waals surface area contributed by atoms with Crippen molar-refractivity contribution in [3.63, 3.8) is 0 Å². The molecule has 1 aromatic rings. The van der Waals surface area contributed by atoms with E-state index in [1.54, 1.807) is 12.1 Å². The van der Waals surface area contributed by atoms with Crippen LogP contribution in [0.15, 0.2) is 42.0 Å². The summed E-state index contributed by atoms with van der Waals surface area (Å²) < 4.78 is 0. The highest BCUT2D eigenvalue weighted by atomic mass is 16.1. The molecule has 2 rings (SSSR count). The van der Waals surface area contributed by atoms with Gasteiger partial charge in [-0.05, 0) is 30.2 Å². The van der Waals surface area contributed by atoms with E-state index >= 15 is 0 Å². The van der Waals surface area contributed by atoms with Crippen LogP contribution in [0.2, 0.25) is 0 Å². The molecule has 1 aliphatic carbocycles. The molecule has 0 aliphatic heterocycles. The molecule has 0 unspecified atom stereocenters. The molecule has 0 N–H and O–H groups in total. The van der Waals surface area contributed by atoms with Gasteiger partial charge in [0.25, 0.3) is 0 Å². The molecule has 0 saturated carbocycles. The average molecular weight is 209 g/mol. The average Bonchev–Trinajstić information content (AvgIpc) is 2.33. The van der Waals surface area contributed by atoms with Crippen molar-refractivity contribution in [1.29, 1.82) is 5.26 Å². The molecule has 0 atom stereocenters. The minimum Gasteiger partial charge on any atom is -0.294 e. The lowest BCUT2D eigenvalue weighted by Crippen LogP contribution is -2.03. The maximum atomic E-state index is 11.5. The first kappa shape index (κ1) is 10.4. The number of nitrogens with zero attached hydrogens (tertiary/aromatic N) is 1. The van der Waals surface area contributed by atoms with Crippen LogP contribution in [0.5, 0.6) is 0 Å². The number of carbonyl (C=O) groups is 1. The molecular formula is C14H11NO. The fraction of sp³-hybridized carbons (Fsp3) is 0.143. The third kappa shape index (κ3) is 2.26. The fourth-order valence-electron chi connectivity index (χ4n) is 1.62. The third-order valence-corrected chi connectivity index (χ3v) is 2.52. The summed E-state index contributed by atoms with van der Waals surface area (Å²) in [5.41, 5.74) is 2.33. The zero-order valence-electron chi connectivity index (χ0n) is 8.81. The van der Waals surface area contributed by atoms with Gasteiger partial charge in [0.15, 0.2) is 5.78 Å². The SMILES string of the molecule is N#Cc1ccc(C=C2C=CCCC2=O)cc1. The lowest BCUT2D eigenvalue weighted by molar-refractivity contribution is -0.115. The van der Waals surface area contributed by atoms with Crippen LogP contribution >= 0.6 is 0 Å². The van der Waals surface area contributed by atoms with Crippen LogP contribution < -0.4 is 0 Å². The molecule has 0 amide bonds. The van der Waals surface area contributed by atoms with Gasteiger partial charge in [-0.3, -0.25) is 4.79 Å². The Bertz CT molecular complexity index is 501. The van der Waals surface area contributed by atoms with E-state index in [0.29, 0.717) is 12.0 Å². The Morgan fingerprint density at radius 3 is 2.62 bits per heavy atom. The van der Waals surface area contributed by atoms with Gasteiger partial charge in [0.05, 0.1) is 11.6 Å². The number of hydrogen-bond acceptors (Lipinski definition) is 2. The minimum absolute atomic E-state index is 0.187. The summed E-state index contributed by atoms with van der Waals surface area (Å²) in [6, 6.07) is 9.27. The predicted octanol–water partition coefficient (Wildman–Crippen LogP) is 2.86. The predicted molar refractivity (Wildman–Crippen MR) is 62.5 cm³/mol. The number of carbonyl (C=O) groups excluding carboxylic acids is 1. The molecule has 2 heteroatoms. The van der Waals surface area contributed by atoms with Crippen molar-refractivity contribution in [2.75, 3.05) is 0 Å². The van der Waals surface area contributed by atoms with Gasteiger partial charge < -0.3 is 0 Å². The van der Waals surface area contributed by atoms with Gasteiger partial charge >= 0.3 is 0 Å². The number of nitriles is 1. The van der Waals surface area contributed by atoms with Gasteiger partial charge in [-0.1, -0.05) is 24.3 Å². The van der Waals surface area contributed by atoms with Gasteiger partial charge in [-0.25, -0.2) is 0 Å². The summed E-state index contributed by atoms with van der Waals surface area (Å²) in [5, 5.41) is 8.66. The van der Waals surface area contributed by atoms with Crippen molar-refractivity contribution in [1.82, 2.24) is 0 Å². The second-order valence-electron chi connectivity index (χ2n) is 3.70.